The highest BCUT2D eigenvalue weighted by atomic mass is 28.3. The van der Waals surface area contributed by atoms with Crippen LogP contribution in [0.25, 0.3) is 61.8 Å². The van der Waals surface area contributed by atoms with Crippen molar-refractivity contribution in [2.24, 2.45) is 0 Å². The van der Waals surface area contributed by atoms with Crippen molar-refractivity contribution in [2.45, 2.75) is 140 Å². The number of ketones is 1. The maximum Gasteiger partial charge on any atom is 0.338 e. The Morgan fingerprint density at radius 1 is 0.598 bits per heavy atom. The third kappa shape index (κ3) is 15.4. The van der Waals surface area contributed by atoms with Gasteiger partial charge in [-0.25, -0.2) is 19.6 Å². The minimum Gasteiger partial charge on any atom is -0.494 e. The van der Waals surface area contributed by atoms with Crippen LogP contribution in [0.15, 0.2) is 116 Å². The van der Waals surface area contributed by atoms with Crippen LogP contribution in [0.5, 0.6) is 0 Å². The second kappa shape index (κ2) is 29.7. The summed E-state index contributed by atoms with van der Waals surface area (Å²) in [6, 6.07) is 30.2. The van der Waals surface area contributed by atoms with Crippen molar-refractivity contribution in [3.63, 3.8) is 0 Å². The zero-order valence-corrected chi connectivity index (χ0v) is 57.5. The molecule has 6 aromatic heterocycles. The number of nitrogen functional groups attached to an aromatic ring is 1. The predicted octanol–water partition coefficient (Wildman–Crippen LogP) is 13.6. The molecule has 0 radical (unpaired) electrons. The zero-order chi connectivity index (χ0) is 66.0. The van der Waals surface area contributed by atoms with E-state index in [1.165, 1.54) is 32.8 Å². The van der Waals surface area contributed by atoms with Crippen LogP contribution in [-0.2, 0) is 42.7 Å². The van der Waals surface area contributed by atoms with Crippen LogP contribution in [0.3, 0.4) is 0 Å². The molecule has 2 aliphatic carbocycles. The lowest BCUT2D eigenvalue weighted by Gasteiger charge is -2.37. The number of carbonyl (C=O) groups is 3. The Hall–Kier alpha value is -8.00. The van der Waals surface area contributed by atoms with Gasteiger partial charge in [-0.05, 0) is 89.4 Å². The summed E-state index contributed by atoms with van der Waals surface area (Å²) in [6.07, 6.45) is 11.6. The molecule has 0 bridgehead atoms. The third-order valence-electron chi connectivity index (χ3n) is 17.6. The molecule has 0 spiro atoms. The SMILES string of the molecule is C=C(OCC)c1c(C2CCC(OC)(C(=O)OC)CC2)nc2c(-c3ccc(-c4ccccc4)nc3)cnn2c1N(COCC[Si](C)(C)C)COCC[Si](C)(C)C.COC(=O)C1(OC)CCC(c2nc3c(-c4ccc(-c5ccccc5)nc4)cnn3c(N)c2C(C)=O)CC1. The van der Waals surface area contributed by atoms with E-state index in [-0.39, 0.29) is 48.8 Å². The minimum atomic E-state index is -1.34. The Kier molecular flexibility index (Phi) is 22.1. The Balaban J connectivity index is 0.000000234. The summed E-state index contributed by atoms with van der Waals surface area (Å²) in [5.74, 6) is 0.488. The van der Waals surface area contributed by atoms with Crippen LogP contribution in [0.4, 0.5) is 11.6 Å². The molecule has 2 aliphatic rings. The number of nitrogens with two attached hydrogens (primary N) is 1. The average molecular weight is 1290 g/mol. The Morgan fingerprint density at radius 3 is 1.40 bits per heavy atom. The summed E-state index contributed by atoms with van der Waals surface area (Å²) in [6.45, 7) is 24.3. The quantitative estimate of drug-likeness (QED) is 0.0140. The highest BCUT2D eigenvalue weighted by molar-refractivity contribution is 6.76. The fraction of sp³-hybridized carbons (Fsp3) is 0.443. The molecule has 22 heteroatoms. The molecule has 2 aromatic carbocycles. The highest BCUT2D eigenvalue weighted by Gasteiger charge is 2.46. The van der Waals surface area contributed by atoms with E-state index in [1.54, 1.807) is 19.5 Å². The molecule has 6 heterocycles. The Bertz CT molecular complexity index is 3810. The first-order valence-corrected chi connectivity index (χ1v) is 39.1. The van der Waals surface area contributed by atoms with Crippen LogP contribution < -0.4 is 10.6 Å². The van der Waals surface area contributed by atoms with Gasteiger partial charge in [-0.2, -0.15) is 19.2 Å². The van der Waals surface area contributed by atoms with Crippen LogP contribution in [0, 0.1) is 0 Å². The summed E-state index contributed by atoms with van der Waals surface area (Å²) >= 11 is 0. The zero-order valence-electron chi connectivity index (χ0n) is 55.5. The van der Waals surface area contributed by atoms with Gasteiger partial charge in [0.15, 0.2) is 28.3 Å². The van der Waals surface area contributed by atoms with Gasteiger partial charge in [0.25, 0.3) is 0 Å². The second-order valence-corrected chi connectivity index (χ2v) is 37.5. The van der Waals surface area contributed by atoms with Crippen molar-refractivity contribution in [3.05, 3.63) is 139 Å². The number of pyridine rings is 2. The fourth-order valence-corrected chi connectivity index (χ4v) is 13.7. The molecular weight excluding hydrogens is 1200 g/mol. The van der Waals surface area contributed by atoms with Gasteiger partial charge in [-0.1, -0.05) is 119 Å². The number of benzene rings is 2. The molecule has 0 amide bonds. The molecule has 0 saturated heterocycles. The predicted molar refractivity (Wildman–Crippen MR) is 365 cm³/mol. The number of hydrogen-bond donors (Lipinski definition) is 1. The molecule has 2 N–H and O–H groups in total. The van der Waals surface area contributed by atoms with Gasteiger partial charge >= 0.3 is 11.9 Å². The number of fused-ring (bicyclic) bond motifs is 2. The van der Waals surface area contributed by atoms with E-state index in [2.05, 4.69) is 79.0 Å². The van der Waals surface area contributed by atoms with Crippen molar-refractivity contribution in [1.29, 1.82) is 0 Å². The number of aromatic nitrogens is 8. The van der Waals surface area contributed by atoms with E-state index >= 15 is 0 Å². The standard InChI is InChI=1S/C42H61N5O6Si2.C28H29N5O4/c1-11-53-31(2)37-38(33-19-21-42(50-4,22-20-33)41(48)49-3)45-39-35(34-17-18-36(43-27-34)32-15-13-12-14-16-32)28-44-47(39)40(37)46(29-51-23-25-54(5,6)7)30-52-24-26-55(8,9)10;1-17(34)23-24(19-11-13-28(37-3,14-12-19)27(35)36-2)32-26-21(16-31-33(26)25(23)29)20-9-10-22(30-15-20)18-7-5-4-6-8-18/h12-18,27-28,33H,2,11,19-26,29-30H2,1,3-10H3;4-10,15-16,19H,11-14,29H2,1-3H3. The second-order valence-electron chi connectivity index (χ2n) is 26.2. The number of ether oxygens (including phenoxy) is 7. The van der Waals surface area contributed by atoms with Crippen molar-refractivity contribution in [3.8, 4) is 44.8 Å². The molecule has 0 atom stereocenters. The first kappa shape index (κ1) is 68.4. The summed E-state index contributed by atoms with van der Waals surface area (Å²) in [4.78, 5) is 60.0. The van der Waals surface area contributed by atoms with E-state index in [0.717, 1.165) is 73.9 Å². The molecule has 0 unspecified atom stereocenters. The van der Waals surface area contributed by atoms with Crippen LogP contribution in [0.2, 0.25) is 51.4 Å². The van der Waals surface area contributed by atoms with E-state index in [0.29, 0.717) is 99.5 Å². The van der Waals surface area contributed by atoms with Crippen molar-refractivity contribution in [1.82, 2.24) is 39.2 Å². The molecular formula is C70H90N10O10Si2. The van der Waals surface area contributed by atoms with Crippen molar-refractivity contribution >= 4 is 62.6 Å². The van der Waals surface area contributed by atoms with Gasteiger partial charge in [0.1, 0.15) is 30.9 Å². The molecule has 10 rings (SSSR count). The molecule has 2 fully saturated rings. The Labute approximate surface area is 542 Å². The van der Waals surface area contributed by atoms with Crippen molar-refractivity contribution < 1.29 is 47.5 Å². The molecule has 92 heavy (non-hydrogen) atoms. The number of esters is 2. The van der Waals surface area contributed by atoms with Gasteiger partial charge in [0, 0.05) is 101 Å². The molecule has 2 saturated carbocycles. The summed E-state index contributed by atoms with van der Waals surface area (Å²) in [7, 11) is 3.20. The van der Waals surface area contributed by atoms with Crippen LogP contribution in [-0.4, -0.2) is 146 Å². The normalized spacial score (nSPS) is 18.4. The van der Waals surface area contributed by atoms with Gasteiger partial charge < -0.3 is 43.8 Å². The van der Waals surface area contributed by atoms with Gasteiger partial charge in [-0.15, -0.1) is 0 Å². The number of Topliss-reactive ketones (excluding diaryl/α,β-unsaturated/α-hetero) is 1. The Morgan fingerprint density at radius 2 is 1.02 bits per heavy atom. The average Bonchev–Trinajstić information content (AvgIpc) is 1.48. The first-order valence-electron chi connectivity index (χ1n) is 31.7. The van der Waals surface area contributed by atoms with E-state index in [4.69, 9.17) is 58.9 Å². The maximum absolute atomic E-state index is 13.0. The number of hydrogen-bond acceptors (Lipinski definition) is 18. The molecule has 0 aliphatic heterocycles. The fourth-order valence-electron chi connectivity index (χ4n) is 12.2. The lowest BCUT2D eigenvalue weighted by atomic mass is 9.76. The largest absolute Gasteiger partial charge is 0.494 e. The number of rotatable bonds is 25. The molecule has 8 aromatic rings. The molecule has 488 valence electrons. The van der Waals surface area contributed by atoms with Crippen molar-refractivity contribution in [2.75, 3.05) is 72.4 Å². The first-order chi connectivity index (χ1) is 44.1. The lowest BCUT2D eigenvalue weighted by Crippen LogP contribution is -2.44. The highest BCUT2D eigenvalue weighted by Crippen LogP contribution is 2.46. The van der Waals surface area contributed by atoms with E-state index < -0.39 is 27.3 Å². The minimum absolute atomic E-state index is 0.0345. The van der Waals surface area contributed by atoms with E-state index in [9.17, 15) is 14.4 Å². The smallest absolute Gasteiger partial charge is 0.338 e. The summed E-state index contributed by atoms with van der Waals surface area (Å²) in [5, 5.41) is 9.44. The summed E-state index contributed by atoms with van der Waals surface area (Å²) < 4.78 is 44.1. The van der Waals surface area contributed by atoms with Crippen LogP contribution in [0.1, 0.15) is 104 Å². The van der Waals surface area contributed by atoms with Crippen LogP contribution >= 0.6 is 0 Å². The number of carbonyl (C=O) groups excluding carboxylic acids is 3. The number of anilines is 2. The van der Waals surface area contributed by atoms with Gasteiger partial charge in [-0.3, -0.25) is 14.8 Å². The topological polar surface area (TPSA) is 231 Å². The number of nitrogens with zero attached hydrogens (tertiary/aromatic N) is 9. The summed E-state index contributed by atoms with van der Waals surface area (Å²) in [5.41, 5.74) is 15.5. The molecule has 20 nitrogen and oxygen atoms in total. The maximum atomic E-state index is 13.0. The van der Waals surface area contributed by atoms with E-state index in [1.807, 2.05) is 90.6 Å². The van der Waals surface area contributed by atoms with Gasteiger partial charge in [0.05, 0.1) is 67.1 Å². The third-order valence-corrected chi connectivity index (χ3v) is 21.0. The lowest BCUT2D eigenvalue weighted by molar-refractivity contribution is -0.171. The number of methoxy groups -OCH3 is 4. The van der Waals surface area contributed by atoms with Gasteiger partial charge in [0.2, 0.25) is 0 Å². The monoisotopic (exact) mass is 1290 g/mol.